The number of carbonyl (C=O) groups excluding carboxylic acids is 2. The van der Waals surface area contributed by atoms with Crippen molar-refractivity contribution in [3.63, 3.8) is 0 Å². The summed E-state index contributed by atoms with van der Waals surface area (Å²) in [6, 6.07) is 23.7. The molecule has 0 bridgehead atoms. The van der Waals surface area contributed by atoms with Gasteiger partial charge in [0.05, 0.1) is 13.0 Å². The first-order valence-electron chi connectivity index (χ1n) is 11.8. The minimum absolute atomic E-state index is 0.0122. The lowest BCUT2D eigenvalue weighted by molar-refractivity contribution is -0.122. The molecule has 1 aliphatic rings. The molecule has 0 unspecified atom stereocenters. The summed E-state index contributed by atoms with van der Waals surface area (Å²) in [4.78, 5) is 31.8. The van der Waals surface area contributed by atoms with E-state index in [-0.39, 0.29) is 17.7 Å². The Morgan fingerprint density at radius 1 is 0.879 bits per heavy atom. The van der Waals surface area contributed by atoms with Crippen molar-refractivity contribution in [2.75, 3.05) is 11.4 Å². The zero-order valence-corrected chi connectivity index (χ0v) is 19.0. The molecule has 1 aromatic heterocycles. The normalized spacial score (nSPS) is 13.6. The average Bonchev–Trinajstić information content (AvgIpc) is 3.39. The van der Waals surface area contributed by atoms with E-state index in [1.165, 1.54) is 0 Å². The molecule has 170 valence electrons. The first-order valence-corrected chi connectivity index (χ1v) is 11.8. The molecule has 4 rings (SSSR count). The van der Waals surface area contributed by atoms with Crippen molar-refractivity contribution in [3.8, 4) is 0 Å². The molecule has 0 aliphatic heterocycles. The van der Waals surface area contributed by atoms with Gasteiger partial charge in [-0.1, -0.05) is 61.4 Å². The van der Waals surface area contributed by atoms with Gasteiger partial charge in [0.25, 0.3) is 0 Å². The fraction of sp³-hybridized carbons (Fsp3) is 0.321. The van der Waals surface area contributed by atoms with Crippen molar-refractivity contribution < 1.29 is 9.59 Å². The van der Waals surface area contributed by atoms with E-state index in [1.807, 2.05) is 65.6 Å². The highest BCUT2D eigenvalue weighted by Crippen LogP contribution is 2.29. The molecule has 0 spiro atoms. The lowest BCUT2D eigenvalue weighted by atomic mass is 10.0. The zero-order valence-electron chi connectivity index (χ0n) is 19.0. The standard InChI is InChI=1S/C28H31N3O2/c32-27(30-19-17-25-12-6-7-18-29-25)20-22-13-15-26(16-14-22)31(21-23-8-2-1-3-9-23)28(33)24-10-4-5-11-24/h1-3,6-9,12-16,18,24H,4-5,10-11,17,19-21H2,(H,30,32). The van der Waals surface area contributed by atoms with Crippen LogP contribution in [0.3, 0.4) is 0 Å². The van der Waals surface area contributed by atoms with E-state index >= 15 is 0 Å². The van der Waals surface area contributed by atoms with Crippen LogP contribution in [0.5, 0.6) is 0 Å². The molecular weight excluding hydrogens is 410 g/mol. The molecule has 3 aromatic rings. The molecule has 2 amide bonds. The van der Waals surface area contributed by atoms with Gasteiger partial charge >= 0.3 is 0 Å². The summed E-state index contributed by atoms with van der Waals surface area (Å²) in [6.45, 7) is 1.12. The first-order chi connectivity index (χ1) is 16.2. The largest absolute Gasteiger partial charge is 0.355 e. The lowest BCUT2D eigenvalue weighted by Crippen LogP contribution is -2.35. The minimum Gasteiger partial charge on any atom is -0.355 e. The van der Waals surface area contributed by atoms with Gasteiger partial charge in [0, 0.05) is 36.5 Å². The molecule has 2 aromatic carbocycles. The number of nitrogens with zero attached hydrogens (tertiary/aromatic N) is 2. The number of rotatable bonds is 9. The molecule has 5 heteroatoms. The summed E-state index contributed by atoms with van der Waals surface area (Å²) in [7, 11) is 0. The summed E-state index contributed by atoms with van der Waals surface area (Å²) < 4.78 is 0. The fourth-order valence-corrected chi connectivity index (χ4v) is 4.37. The van der Waals surface area contributed by atoms with Gasteiger partial charge in [0.15, 0.2) is 0 Å². The summed E-state index contributed by atoms with van der Waals surface area (Å²) in [5.41, 5.74) is 3.89. The number of aromatic nitrogens is 1. The molecule has 1 aliphatic carbocycles. The number of anilines is 1. The first kappa shape index (κ1) is 22.7. The van der Waals surface area contributed by atoms with Gasteiger partial charge in [0.2, 0.25) is 11.8 Å². The molecular formula is C28H31N3O2. The molecule has 33 heavy (non-hydrogen) atoms. The van der Waals surface area contributed by atoms with E-state index in [0.29, 0.717) is 25.9 Å². The van der Waals surface area contributed by atoms with Crippen LogP contribution in [0.25, 0.3) is 0 Å². The van der Waals surface area contributed by atoms with E-state index in [1.54, 1.807) is 6.20 Å². The second-order valence-corrected chi connectivity index (χ2v) is 8.66. The number of hydrogen-bond donors (Lipinski definition) is 1. The molecule has 1 N–H and O–H groups in total. The van der Waals surface area contributed by atoms with Crippen LogP contribution >= 0.6 is 0 Å². The van der Waals surface area contributed by atoms with Gasteiger partial charge in [-0.05, 0) is 48.2 Å². The Kier molecular flexibility index (Phi) is 7.85. The highest BCUT2D eigenvalue weighted by molar-refractivity contribution is 5.95. The van der Waals surface area contributed by atoms with Crippen LogP contribution in [0, 0.1) is 5.92 Å². The van der Waals surface area contributed by atoms with E-state index in [9.17, 15) is 9.59 Å². The van der Waals surface area contributed by atoms with Crippen molar-refractivity contribution >= 4 is 17.5 Å². The molecule has 5 nitrogen and oxygen atoms in total. The van der Waals surface area contributed by atoms with Crippen LogP contribution in [0.4, 0.5) is 5.69 Å². The predicted molar refractivity (Wildman–Crippen MR) is 131 cm³/mol. The number of amides is 2. The highest BCUT2D eigenvalue weighted by atomic mass is 16.2. The van der Waals surface area contributed by atoms with E-state index in [4.69, 9.17) is 0 Å². The van der Waals surface area contributed by atoms with E-state index in [0.717, 1.165) is 48.2 Å². The highest BCUT2D eigenvalue weighted by Gasteiger charge is 2.28. The summed E-state index contributed by atoms with van der Waals surface area (Å²) >= 11 is 0. The Morgan fingerprint density at radius 3 is 2.30 bits per heavy atom. The molecule has 0 radical (unpaired) electrons. The van der Waals surface area contributed by atoms with Gasteiger partial charge in [-0.25, -0.2) is 0 Å². The Bertz CT molecular complexity index is 1030. The maximum absolute atomic E-state index is 13.3. The second kappa shape index (κ2) is 11.4. The third kappa shape index (κ3) is 6.51. The Balaban J connectivity index is 1.37. The second-order valence-electron chi connectivity index (χ2n) is 8.66. The van der Waals surface area contributed by atoms with Crippen LogP contribution in [0.15, 0.2) is 79.0 Å². The zero-order chi connectivity index (χ0) is 22.9. The Labute approximate surface area is 195 Å². The van der Waals surface area contributed by atoms with Crippen molar-refractivity contribution in [3.05, 3.63) is 95.8 Å². The van der Waals surface area contributed by atoms with Crippen molar-refractivity contribution in [1.82, 2.24) is 10.3 Å². The van der Waals surface area contributed by atoms with Crippen LogP contribution in [0.1, 0.15) is 42.5 Å². The minimum atomic E-state index is -0.0122. The molecule has 1 heterocycles. The van der Waals surface area contributed by atoms with E-state index < -0.39 is 0 Å². The number of benzene rings is 2. The number of pyridine rings is 1. The SMILES string of the molecule is O=C(Cc1ccc(N(Cc2ccccc2)C(=O)C2CCCC2)cc1)NCCc1ccccn1. The summed E-state index contributed by atoms with van der Waals surface area (Å²) in [5, 5.41) is 2.96. The maximum atomic E-state index is 13.3. The third-order valence-electron chi connectivity index (χ3n) is 6.20. The number of hydrogen-bond acceptors (Lipinski definition) is 3. The Hall–Kier alpha value is -3.47. The molecule has 0 saturated heterocycles. The molecule has 0 atom stereocenters. The van der Waals surface area contributed by atoms with E-state index in [2.05, 4.69) is 22.4 Å². The van der Waals surface area contributed by atoms with Crippen LogP contribution < -0.4 is 10.2 Å². The maximum Gasteiger partial charge on any atom is 0.230 e. The van der Waals surface area contributed by atoms with Gasteiger partial charge in [-0.3, -0.25) is 14.6 Å². The number of nitrogens with one attached hydrogen (secondary N) is 1. The Morgan fingerprint density at radius 2 is 1.61 bits per heavy atom. The number of carbonyl (C=O) groups is 2. The van der Waals surface area contributed by atoms with Crippen molar-refractivity contribution in [2.24, 2.45) is 5.92 Å². The average molecular weight is 442 g/mol. The van der Waals surface area contributed by atoms with Gasteiger partial charge in [0.1, 0.15) is 0 Å². The van der Waals surface area contributed by atoms with Crippen LogP contribution in [-0.2, 0) is 29.0 Å². The predicted octanol–water partition coefficient (Wildman–Crippen LogP) is 4.71. The molecule has 1 saturated carbocycles. The van der Waals surface area contributed by atoms with Gasteiger partial charge in [-0.2, -0.15) is 0 Å². The van der Waals surface area contributed by atoms with Crippen LogP contribution in [-0.4, -0.2) is 23.3 Å². The smallest absolute Gasteiger partial charge is 0.230 e. The van der Waals surface area contributed by atoms with Crippen molar-refractivity contribution in [1.29, 1.82) is 0 Å². The van der Waals surface area contributed by atoms with Crippen molar-refractivity contribution in [2.45, 2.75) is 45.1 Å². The van der Waals surface area contributed by atoms with Gasteiger partial charge < -0.3 is 10.2 Å². The molecule has 1 fully saturated rings. The summed E-state index contributed by atoms with van der Waals surface area (Å²) in [5.74, 6) is 0.302. The van der Waals surface area contributed by atoms with Crippen LogP contribution in [0.2, 0.25) is 0 Å². The van der Waals surface area contributed by atoms with Gasteiger partial charge in [-0.15, -0.1) is 0 Å². The third-order valence-corrected chi connectivity index (χ3v) is 6.20. The quantitative estimate of drug-likeness (QED) is 0.523. The topological polar surface area (TPSA) is 62.3 Å². The lowest BCUT2D eigenvalue weighted by Gasteiger charge is -2.26. The summed E-state index contributed by atoms with van der Waals surface area (Å²) in [6.07, 6.45) is 6.99. The fourth-order valence-electron chi connectivity index (χ4n) is 4.37. The monoisotopic (exact) mass is 441 g/mol.